The van der Waals surface area contributed by atoms with Crippen molar-refractivity contribution in [3.8, 4) is 11.5 Å². The number of hydrogen-bond acceptors (Lipinski definition) is 4. The van der Waals surface area contributed by atoms with Crippen LogP contribution in [0.25, 0.3) is 0 Å². The van der Waals surface area contributed by atoms with E-state index in [0.717, 1.165) is 16.7 Å². The highest BCUT2D eigenvalue weighted by Crippen LogP contribution is 2.31. The Morgan fingerprint density at radius 1 is 1.20 bits per heavy atom. The molecule has 1 amide bonds. The number of ether oxygens (including phenoxy) is 1. The molecule has 0 aliphatic carbocycles. The maximum absolute atomic E-state index is 14.7. The number of pyridine rings is 1. The molecule has 30 heavy (non-hydrogen) atoms. The standard InChI is InChI=1S/C24H24FN3O2/c1-4-28-14-20-19(24(28)29)11-12-26-23(20)27-16(3)17-7-10-22(21(25)13-17)30-18-8-5-15(2)6-9-18/h5-13,16H,4,14H2,1-3H3,(H,26,27). The lowest BCUT2D eigenvalue weighted by molar-refractivity contribution is 0.0787. The van der Waals surface area contributed by atoms with Gasteiger partial charge in [0.25, 0.3) is 5.91 Å². The van der Waals surface area contributed by atoms with Crippen LogP contribution in [0.4, 0.5) is 10.2 Å². The van der Waals surface area contributed by atoms with Crippen LogP contribution in [-0.4, -0.2) is 22.3 Å². The monoisotopic (exact) mass is 405 g/mol. The third kappa shape index (κ3) is 3.85. The number of carbonyl (C=O) groups is 1. The predicted molar refractivity (Wildman–Crippen MR) is 114 cm³/mol. The number of aryl methyl sites for hydroxylation is 1. The molecule has 0 bridgehead atoms. The molecule has 2 aromatic carbocycles. The summed E-state index contributed by atoms with van der Waals surface area (Å²) in [5, 5.41) is 3.33. The van der Waals surface area contributed by atoms with Crippen molar-refractivity contribution in [2.45, 2.75) is 33.4 Å². The Balaban J connectivity index is 1.51. The molecule has 1 unspecified atom stereocenters. The quantitative estimate of drug-likeness (QED) is 0.591. The number of nitrogens with one attached hydrogen (secondary N) is 1. The van der Waals surface area contributed by atoms with Crippen LogP contribution in [-0.2, 0) is 6.54 Å². The lowest BCUT2D eigenvalue weighted by atomic mass is 10.1. The number of rotatable bonds is 6. The van der Waals surface area contributed by atoms with Crippen molar-refractivity contribution in [2.24, 2.45) is 0 Å². The molecular weight excluding hydrogens is 381 g/mol. The van der Waals surface area contributed by atoms with Gasteiger partial charge in [0.2, 0.25) is 0 Å². The van der Waals surface area contributed by atoms with Gasteiger partial charge in [-0.1, -0.05) is 23.8 Å². The minimum absolute atomic E-state index is 0.0225. The molecule has 0 saturated carbocycles. The summed E-state index contributed by atoms with van der Waals surface area (Å²) in [7, 11) is 0. The molecule has 0 spiro atoms. The van der Waals surface area contributed by atoms with Crippen molar-refractivity contribution in [3.63, 3.8) is 0 Å². The SMILES string of the molecule is CCN1Cc2c(ccnc2NC(C)c2ccc(Oc3ccc(C)cc3)c(F)c2)C1=O. The van der Waals surface area contributed by atoms with E-state index in [-0.39, 0.29) is 17.7 Å². The van der Waals surface area contributed by atoms with Crippen LogP contribution in [0.1, 0.15) is 46.9 Å². The van der Waals surface area contributed by atoms with Crippen molar-refractivity contribution < 1.29 is 13.9 Å². The molecule has 0 fully saturated rings. The van der Waals surface area contributed by atoms with Crippen molar-refractivity contribution in [1.82, 2.24) is 9.88 Å². The number of aromatic nitrogens is 1. The van der Waals surface area contributed by atoms with Gasteiger partial charge in [-0.05, 0) is 56.7 Å². The number of fused-ring (bicyclic) bond motifs is 1. The van der Waals surface area contributed by atoms with Gasteiger partial charge in [-0.25, -0.2) is 9.37 Å². The third-order valence-electron chi connectivity index (χ3n) is 5.36. The van der Waals surface area contributed by atoms with Crippen LogP contribution in [0.15, 0.2) is 54.7 Å². The van der Waals surface area contributed by atoms with E-state index in [1.165, 1.54) is 6.07 Å². The second-order valence-corrected chi connectivity index (χ2v) is 7.48. The van der Waals surface area contributed by atoms with Crippen molar-refractivity contribution in [1.29, 1.82) is 0 Å². The van der Waals surface area contributed by atoms with Gasteiger partial charge in [-0.3, -0.25) is 4.79 Å². The molecule has 0 radical (unpaired) electrons. The second kappa shape index (κ2) is 8.14. The Kier molecular flexibility index (Phi) is 5.40. The summed E-state index contributed by atoms with van der Waals surface area (Å²) in [5.41, 5.74) is 3.44. The molecule has 1 N–H and O–H groups in total. The summed E-state index contributed by atoms with van der Waals surface area (Å²) in [6, 6.07) is 14.0. The number of amides is 1. The zero-order valence-electron chi connectivity index (χ0n) is 17.3. The number of hydrogen-bond donors (Lipinski definition) is 1. The van der Waals surface area contributed by atoms with E-state index in [2.05, 4.69) is 10.3 Å². The average molecular weight is 405 g/mol. The van der Waals surface area contributed by atoms with E-state index in [9.17, 15) is 9.18 Å². The maximum atomic E-state index is 14.7. The molecule has 0 saturated heterocycles. The fraction of sp³-hybridized carbons (Fsp3) is 0.250. The van der Waals surface area contributed by atoms with Gasteiger partial charge in [0, 0.05) is 23.9 Å². The minimum atomic E-state index is -0.430. The van der Waals surface area contributed by atoms with E-state index >= 15 is 0 Å². The highest BCUT2D eigenvalue weighted by atomic mass is 19.1. The summed E-state index contributed by atoms with van der Waals surface area (Å²) in [5.74, 6) is 1.02. The Labute approximate surface area is 175 Å². The van der Waals surface area contributed by atoms with Crippen molar-refractivity contribution in [3.05, 3.63) is 82.8 Å². The van der Waals surface area contributed by atoms with E-state index < -0.39 is 5.82 Å². The molecular formula is C24H24FN3O2. The lowest BCUT2D eigenvalue weighted by Gasteiger charge is -2.18. The first kappa shape index (κ1) is 19.9. The van der Waals surface area contributed by atoms with Gasteiger partial charge in [0.15, 0.2) is 11.6 Å². The fourth-order valence-corrected chi connectivity index (χ4v) is 3.56. The molecule has 154 valence electrons. The molecule has 1 aromatic heterocycles. The minimum Gasteiger partial charge on any atom is -0.454 e. The first-order valence-electron chi connectivity index (χ1n) is 10.0. The number of halogens is 1. The van der Waals surface area contributed by atoms with Crippen LogP contribution in [0, 0.1) is 12.7 Å². The molecule has 4 rings (SSSR count). The van der Waals surface area contributed by atoms with Gasteiger partial charge >= 0.3 is 0 Å². The molecule has 2 heterocycles. The average Bonchev–Trinajstić information content (AvgIpc) is 3.08. The Morgan fingerprint density at radius 3 is 2.67 bits per heavy atom. The molecule has 1 aliphatic rings. The van der Waals surface area contributed by atoms with E-state index in [1.54, 1.807) is 23.2 Å². The first-order chi connectivity index (χ1) is 14.5. The van der Waals surface area contributed by atoms with Crippen LogP contribution < -0.4 is 10.1 Å². The van der Waals surface area contributed by atoms with Crippen LogP contribution in [0.3, 0.4) is 0 Å². The second-order valence-electron chi connectivity index (χ2n) is 7.48. The van der Waals surface area contributed by atoms with Crippen molar-refractivity contribution in [2.75, 3.05) is 11.9 Å². The first-order valence-corrected chi connectivity index (χ1v) is 10.0. The molecule has 5 nitrogen and oxygen atoms in total. The van der Waals surface area contributed by atoms with Gasteiger partial charge in [-0.2, -0.15) is 0 Å². The maximum Gasteiger partial charge on any atom is 0.254 e. The fourth-order valence-electron chi connectivity index (χ4n) is 3.56. The summed E-state index contributed by atoms with van der Waals surface area (Å²) < 4.78 is 20.3. The van der Waals surface area contributed by atoms with Gasteiger partial charge in [0.05, 0.1) is 12.6 Å². The summed E-state index contributed by atoms with van der Waals surface area (Å²) >= 11 is 0. The highest BCUT2D eigenvalue weighted by molar-refractivity contribution is 5.99. The number of nitrogens with zero attached hydrogens (tertiary/aromatic N) is 2. The predicted octanol–water partition coefficient (Wildman–Crippen LogP) is 5.47. The summed E-state index contributed by atoms with van der Waals surface area (Å²) in [6.07, 6.45) is 1.63. The Hall–Kier alpha value is -3.41. The summed E-state index contributed by atoms with van der Waals surface area (Å²) in [4.78, 5) is 18.6. The number of carbonyl (C=O) groups excluding carboxylic acids is 1. The Morgan fingerprint density at radius 2 is 1.97 bits per heavy atom. The van der Waals surface area contributed by atoms with Gasteiger partial charge < -0.3 is 15.0 Å². The zero-order chi connectivity index (χ0) is 21.3. The zero-order valence-corrected chi connectivity index (χ0v) is 17.3. The third-order valence-corrected chi connectivity index (χ3v) is 5.36. The van der Waals surface area contributed by atoms with E-state index in [1.807, 2.05) is 51.1 Å². The van der Waals surface area contributed by atoms with Gasteiger partial charge in [0.1, 0.15) is 11.6 Å². The van der Waals surface area contributed by atoms with Crippen molar-refractivity contribution >= 4 is 11.7 Å². The smallest absolute Gasteiger partial charge is 0.254 e. The van der Waals surface area contributed by atoms with Crippen LogP contribution in [0.2, 0.25) is 0 Å². The van der Waals surface area contributed by atoms with Crippen LogP contribution in [0.5, 0.6) is 11.5 Å². The van der Waals surface area contributed by atoms with Gasteiger partial charge in [-0.15, -0.1) is 0 Å². The number of anilines is 1. The van der Waals surface area contributed by atoms with E-state index in [0.29, 0.717) is 30.2 Å². The summed E-state index contributed by atoms with van der Waals surface area (Å²) in [6.45, 7) is 7.06. The normalized spacial score (nSPS) is 13.9. The lowest BCUT2D eigenvalue weighted by Crippen LogP contribution is -2.22. The topological polar surface area (TPSA) is 54.5 Å². The molecule has 3 aromatic rings. The molecule has 6 heteroatoms. The number of benzene rings is 2. The van der Waals surface area contributed by atoms with E-state index in [4.69, 9.17) is 4.74 Å². The highest BCUT2D eigenvalue weighted by Gasteiger charge is 2.29. The van der Waals surface area contributed by atoms with Crippen LogP contribution >= 0.6 is 0 Å². The molecule has 1 atom stereocenters. The Bertz CT molecular complexity index is 1080. The largest absolute Gasteiger partial charge is 0.454 e. The molecule has 1 aliphatic heterocycles.